The molecule has 0 radical (unpaired) electrons. The number of benzene rings is 1. The molecule has 0 saturated heterocycles. The van der Waals surface area contributed by atoms with Crippen LogP contribution in [0, 0.1) is 0 Å². The fourth-order valence-corrected chi connectivity index (χ4v) is 3.03. The lowest BCUT2D eigenvalue weighted by atomic mass is 10.1. The van der Waals surface area contributed by atoms with Crippen molar-refractivity contribution in [2.45, 2.75) is 51.0 Å². The number of carbonyl (C=O) groups is 1. The molecule has 27 heavy (non-hydrogen) atoms. The van der Waals surface area contributed by atoms with Crippen LogP contribution in [0.3, 0.4) is 0 Å². The Labute approximate surface area is 179 Å². The summed E-state index contributed by atoms with van der Waals surface area (Å²) >= 11 is 0. The molecule has 0 bridgehead atoms. The van der Waals surface area contributed by atoms with E-state index < -0.39 is 0 Å². The fourth-order valence-electron chi connectivity index (χ4n) is 3.03. The first-order chi connectivity index (χ1) is 12.7. The Balaban J connectivity index is 0.00000364. The van der Waals surface area contributed by atoms with Gasteiger partial charge in [0.2, 0.25) is 0 Å². The van der Waals surface area contributed by atoms with Crippen LogP contribution in [0.4, 0.5) is 0 Å². The summed E-state index contributed by atoms with van der Waals surface area (Å²) in [6.45, 7) is 1.48. The molecule has 7 heteroatoms. The number of guanidine groups is 1. The molecule has 152 valence electrons. The van der Waals surface area contributed by atoms with Crippen molar-refractivity contribution >= 4 is 35.9 Å². The summed E-state index contributed by atoms with van der Waals surface area (Å²) in [4.78, 5) is 16.0. The summed E-state index contributed by atoms with van der Waals surface area (Å²) in [5.74, 6) is 1.54. The minimum atomic E-state index is -0.0823. The van der Waals surface area contributed by atoms with Gasteiger partial charge in [-0.1, -0.05) is 12.1 Å². The Morgan fingerprint density at radius 1 is 1.15 bits per heavy atom. The molecule has 2 rings (SSSR count). The van der Waals surface area contributed by atoms with E-state index in [0.717, 1.165) is 43.9 Å². The van der Waals surface area contributed by atoms with Crippen LogP contribution >= 0.6 is 24.0 Å². The lowest BCUT2D eigenvalue weighted by Gasteiger charge is -2.13. The van der Waals surface area contributed by atoms with Gasteiger partial charge in [-0.15, -0.1) is 24.0 Å². The largest absolute Gasteiger partial charge is 0.497 e. The number of halogens is 1. The van der Waals surface area contributed by atoms with Crippen LogP contribution in [-0.2, 0) is 16.0 Å². The molecule has 6 nitrogen and oxygen atoms in total. The predicted molar refractivity (Wildman–Crippen MR) is 119 cm³/mol. The van der Waals surface area contributed by atoms with Crippen LogP contribution in [-0.4, -0.2) is 45.3 Å². The van der Waals surface area contributed by atoms with Crippen molar-refractivity contribution < 1.29 is 14.3 Å². The smallest absolute Gasteiger partial charge is 0.306 e. The van der Waals surface area contributed by atoms with Gasteiger partial charge in [0.25, 0.3) is 0 Å². The SMILES string of the molecule is CN=C(NCCCC(=O)OC1CCCC1)NCCc1ccc(OC)cc1.I. The molecule has 0 spiro atoms. The average molecular weight is 489 g/mol. The quantitative estimate of drug-likeness (QED) is 0.183. The van der Waals surface area contributed by atoms with Crippen LogP contribution in [0.5, 0.6) is 5.75 Å². The molecule has 0 heterocycles. The Bertz CT molecular complexity index is 572. The van der Waals surface area contributed by atoms with Crippen LogP contribution in [0.2, 0.25) is 0 Å². The molecule has 1 fully saturated rings. The van der Waals surface area contributed by atoms with Gasteiger partial charge < -0.3 is 20.1 Å². The third kappa shape index (κ3) is 9.30. The zero-order valence-corrected chi connectivity index (χ0v) is 18.7. The molecule has 2 N–H and O–H groups in total. The number of carbonyl (C=O) groups excluding carboxylic acids is 1. The van der Waals surface area contributed by atoms with Gasteiger partial charge in [-0.2, -0.15) is 0 Å². The Morgan fingerprint density at radius 3 is 2.44 bits per heavy atom. The molecule has 1 saturated carbocycles. The second-order valence-electron chi connectivity index (χ2n) is 6.52. The number of ether oxygens (including phenoxy) is 2. The zero-order valence-electron chi connectivity index (χ0n) is 16.3. The van der Waals surface area contributed by atoms with Crippen molar-refractivity contribution in [3.05, 3.63) is 29.8 Å². The van der Waals surface area contributed by atoms with Gasteiger partial charge in [0.05, 0.1) is 7.11 Å². The van der Waals surface area contributed by atoms with E-state index in [1.165, 1.54) is 18.4 Å². The lowest BCUT2D eigenvalue weighted by molar-refractivity contribution is -0.148. The Morgan fingerprint density at radius 2 is 1.81 bits per heavy atom. The van der Waals surface area contributed by atoms with E-state index in [0.29, 0.717) is 13.0 Å². The summed E-state index contributed by atoms with van der Waals surface area (Å²) in [5.41, 5.74) is 1.24. The fraction of sp³-hybridized carbons (Fsp3) is 0.600. The van der Waals surface area contributed by atoms with Crippen molar-refractivity contribution in [3.63, 3.8) is 0 Å². The third-order valence-electron chi connectivity index (χ3n) is 4.54. The van der Waals surface area contributed by atoms with E-state index in [-0.39, 0.29) is 36.0 Å². The molecule has 0 aromatic heterocycles. The van der Waals surface area contributed by atoms with Crippen molar-refractivity contribution in [2.24, 2.45) is 4.99 Å². The second kappa shape index (κ2) is 13.6. The van der Waals surface area contributed by atoms with E-state index in [4.69, 9.17) is 9.47 Å². The standard InChI is InChI=1S/C20H31N3O3.HI/c1-21-20(23-15-13-16-9-11-17(25-2)12-10-16)22-14-5-8-19(24)26-18-6-3-4-7-18;/h9-12,18H,3-8,13-15H2,1-2H3,(H2,21,22,23);1H. The lowest BCUT2D eigenvalue weighted by Crippen LogP contribution is -2.38. The number of rotatable bonds is 9. The number of aliphatic imine (C=N–C) groups is 1. The number of nitrogens with zero attached hydrogens (tertiary/aromatic N) is 1. The normalized spacial score (nSPS) is 14.4. The second-order valence-corrected chi connectivity index (χ2v) is 6.52. The maximum absolute atomic E-state index is 11.8. The minimum Gasteiger partial charge on any atom is -0.497 e. The minimum absolute atomic E-state index is 0. The van der Waals surface area contributed by atoms with Crippen molar-refractivity contribution in [1.29, 1.82) is 0 Å². The monoisotopic (exact) mass is 489 g/mol. The summed E-state index contributed by atoms with van der Waals surface area (Å²) in [6.07, 6.45) is 6.65. The average Bonchev–Trinajstić information content (AvgIpc) is 3.17. The molecule has 0 atom stereocenters. The highest BCUT2D eigenvalue weighted by Crippen LogP contribution is 2.21. The Hall–Kier alpha value is -1.51. The van der Waals surface area contributed by atoms with Gasteiger partial charge in [0.15, 0.2) is 5.96 Å². The maximum atomic E-state index is 11.8. The van der Waals surface area contributed by atoms with Crippen molar-refractivity contribution in [2.75, 3.05) is 27.2 Å². The van der Waals surface area contributed by atoms with Gasteiger partial charge in [-0.3, -0.25) is 9.79 Å². The summed E-state index contributed by atoms with van der Waals surface area (Å²) in [7, 11) is 3.41. The van der Waals surface area contributed by atoms with Gasteiger partial charge in [0.1, 0.15) is 11.9 Å². The first-order valence-corrected chi connectivity index (χ1v) is 9.48. The van der Waals surface area contributed by atoms with Gasteiger partial charge >= 0.3 is 5.97 Å². The first-order valence-electron chi connectivity index (χ1n) is 9.48. The summed E-state index contributed by atoms with van der Waals surface area (Å²) in [6, 6.07) is 8.06. The molecule has 1 aliphatic carbocycles. The van der Waals surface area contributed by atoms with E-state index >= 15 is 0 Å². The summed E-state index contributed by atoms with van der Waals surface area (Å²) in [5, 5.41) is 6.52. The molecule has 0 unspecified atom stereocenters. The topological polar surface area (TPSA) is 72.0 Å². The highest BCUT2D eigenvalue weighted by Gasteiger charge is 2.18. The molecule has 0 aliphatic heterocycles. The Kier molecular flexibility index (Phi) is 11.9. The van der Waals surface area contributed by atoms with Crippen molar-refractivity contribution in [1.82, 2.24) is 10.6 Å². The maximum Gasteiger partial charge on any atom is 0.306 e. The van der Waals surface area contributed by atoms with Crippen LogP contribution in [0.25, 0.3) is 0 Å². The summed E-state index contributed by atoms with van der Waals surface area (Å²) < 4.78 is 10.6. The molecule has 1 aromatic rings. The molecule has 1 aromatic carbocycles. The first kappa shape index (κ1) is 23.5. The molecule has 1 aliphatic rings. The van der Waals surface area contributed by atoms with Crippen LogP contribution < -0.4 is 15.4 Å². The molecule has 0 amide bonds. The highest BCUT2D eigenvalue weighted by atomic mass is 127. The van der Waals surface area contributed by atoms with Crippen LogP contribution in [0.15, 0.2) is 29.3 Å². The number of esters is 1. The van der Waals surface area contributed by atoms with Crippen LogP contribution in [0.1, 0.15) is 44.1 Å². The zero-order chi connectivity index (χ0) is 18.6. The molecular weight excluding hydrogens is 457 g/mol. The molecular formula is C20H32IN3O3. The van der Waals surface area contributed by atoms with E-state index in [9.17, 15) is 4.79 Å². The number of methoxy groups -OCH3 is 1. The van der Waals surface area contributed by atoms with Gasteiger partial charge in [-0.25, -0.2) is 0 Å². The van der Waals surface area contributed by atoms with E-state index in [1.807, 2.05) is 12.1 Å². The van der Waals surface area contributed by atoms with Gasteiger partial charge in [0, 0.05) is 26.6 Å². The van der Waals surface area contributed by atoms with E-state index in [2.05, 4.69) is 27.8 Å². The van der Waals surface area contributed by atoms with Gasteiger partial charge in [-0.05, 0) is 56.2 Å². The highest BCUT2D eigenvalue weighted by molar-refractivity contribution is 14.0. The third-order valence-corrected chi connectivity index (χ3v) is 4.54. The number of hydrogen-bond acceptors (Lipinski definition) is 4. The number of nitrogens with one attached hydrogen (secondary N) is 2. The van der Waals surface area contributed by atoms with E-state index in [1.54, 1.807) is 14.2 Å². The number of hydrogen-bond donors (Lipinski definition) is 2. The van der Waals surface area contributed by atoms with Crippen molar-refractivity contribution in [3.8, 4) is 5.75 Å². The predicted octanol–water partition coefficient (Wildman–Crippen LogP) is 3.29.